The Bertz CT molecular complexity index is 856. The number of imide groups is 1. The highest BCUT2D eigenvalue weighted by atomic mass is 16.5. The molecule has 2 aliphatic heterocycles. The van der Waals surface area contributed by atoms with E-state index in [0.717, 1.165) is 37.3 Å². The molecule has 0 bridgehead atoms. The molecule has 1 atom stereocenters. The molecule has 142 valence electrons. The molecule has 27 heavy (non-hydrogen) atoms. The monoisotopic (exact) mass is 370 g/mol. The third kappa shape index (κ3) is 3.02. The van der Waals surface area contributed by atoms with Crippen molar-refractivity contribution in [1.82, 2.24) is 25.8 Å². The molecule has 0 aliphatic carbocycles. The van der Waals surface area contributed by atoms with Gasteiger partial charge in [-0.3, -0.25) is 10.1 Å². The Labute approximate surface area is 156 Å². The Morgan fingerprint density at radius 1 is 1.30 bits per heavy atom. The van der Waals surface area contributed by atoms with Crippen molar-refractivity contribution in [3.05, 3.63) is 24.2 Å². The fraction of sp³-hybridized carbons (Fsp3) is 0.500. The smallest absolute Gasteiger partial charge is 0.322 e. The first-order chi connectivity index (χ1) is 13.0. The van der Waals surface area contributed by atoms with Crippen LogP contribution in [0, 0.1) is 12.8 Å². The van der Waals surface area contributed by atoms with Gasteiger partial charge in [-0.2, -0.15) is 4.98 Å². The summed E-state index contributed by atoms with van der Waals surface area (Å²) in [4.78, 5) is 34.9. The van der Waals surface area contributed by atoms with Gasteiger partial charge in [0.25, 0.3) is 11.8 Å². The molecule has 2 saturated heterocycles. The van der Waals surface area contributed by atoms with E-state index < -0.39 is 11.6 Å². The van der Waals surface area contributed by atoms with Crippen molar-refractivity contribution >= 4 is 17.8 Å². The van der Waals surface area contributed by atoms with Crippen LogP contribution in [-0.4, -0.2) is 45.7 Å². The van der Waals surface area contributed by atoms with Crippen LogP contribution in [0.3, 0.4) is 0 Å². The normalized spacial score (nSPS) is 23.4. The van der Waals surface area contributed by atoms with Crippen molar-refractivity contribution in [3.63, 3.8) is 0 Å². The van der Waals surface area contributed by atoms with Gasteiger partial charge in [-0.05, 0) is 44.2 Å². The molecule has 9 nitrogen and oxygen atoms in total. The third-order valence-corrected chi connectivity index (χ3v) is 5.56. The van der Waals surface area contributed by atoms with Gasteiger partial charge in [-0.15, -0.1) is 0 Å². The van der Waals surface area contributed by atoms with E-state index in [-0.39, 0.29) is 11.8 Å². The van der Waals surface area contributed by atoms with Crippen LogP contribution in [0.2, 0.25) is 0 Å². The summed E-state index contributed by atoms with van der Waals surface area (Å²) >= 11 is 0. The molecule has 0 saturated carbocycles. The number of pyridine rings is 1. The molecule has 4 heterocycles. The molecule has 2 aromatic heterocycles. The predicted octanol–water partition coefficient (Wildman–Crippen LogP) is 1.64. The molecule has 2 fully saturated rings. The molecule has 2 aliphatic rings. The van der Waals surface area contributed by atoms with Crippen LogP contribution in [0.25, 0.3) is 11.5 Å². The van der Waals surface area contributed by atoms with Crippen molar-refractivity contribution in [2.75, 3.05) is 18.0 Å². The lowest BCUT2D eigenvalue weighted by Crippen LogP contribution is -2.55. The Hall–Kier alpha value is -2.97. The SMILES string of the molecule is CCC1(C2CCN(c3ccc(-c4nc(C)no4)cn3)CC2)NC(=O)NC1=O. The standard InChI is InChI=1S/C18H22N6O3/c1-3-18(16(25)21-17(26)22-18)13-6-8-24(9-7-13)14-5-4-12(10-19-14)15-20-11(2)23-27-15/h4-5,10,13H,3,6-9H2,1-2H3,(H2,21,22,25,26). The number of rotatable bonds is 4. The topological polar surface area (TPSA) is 113 Å². The lowest BCUT2D eigenvalue weighted by molar-refractivity contribution is -0.126. The summed E-state index contributed by atoms with van der Waals surface area (Å²) in [7, 11) is 0. The van der Waals surface area contributed by atoms with Gasteiger partial charge >= 0.3 is 6.03 Å². The Balaban J connectivity index is 1.43. The van der Waals surface area contributed by atoms with Crippen molar-refractivity contribution < 1.29 is 14.1 Å². The summed E-state index contributed by atoms with van der Waals surface area (Å²) < 4.78 is 5.16. The van der Waals surface area contributed by atoms with E-state index in [9.17, 15) is 9.59 Å². The van der Waals surface area contributed by atoms with E-state index >= 15 is 0 Å². The highest BCUT2D eigenvalue weighted by molar-refractivity contribution is 6.07. The van der Waals surface area contributed by atoms with Gasteiger partial charge in [0.2, 0.25) is 0 Å². The van der Waals surface area contributed by atoms with Crippen LogP contribution in [0.15, 0.2) is 22.9 Å². The van der Waals surface area contributed by atoms with Crippen molar-refractivity contribution in [2.45, 2.75) is 38.6 Å². The van der Waals surface area contributed by atoms with E-state index in [4.69, 9.17) is 4.52 Å². The summed E-state index contributed by atoms with van der Waals surface area (Å²) in [6.45, 7) is 5.27. The van der Waals surface area contributed by atoms with E-state index in [1.807, 2.05) is 19.1 Å². The van der Waals surface area contributed by atoms with Gasteiger partial charge in [0.15, 0.2) is 5.82 Å². The van der Waals surface area contributed by atoms with Crippen LogP contribution in [0.1, 0.15) is 32.0 Å². The fourth-order valence-corrected chi connectivity index (χ4v) is 4.05. The fourth-order valence-electron chi connectivity index (χ4n) is 4.05. The van der Waals surface area contributed by atoms with Gasteiger partial charge in [0, 0.05) is 19.3 Å². The van der Waals surface area contributed by atoms with Crippen LogP contribution >= 0.6 is 0 Å². The Morgan fingerprint density at radius 3 is 2.59 bits per heavy atom. The molecule has 1 unspecified atom stereocenters. The number of nitrogens with zero attached hydrogens (tertiary/aromatic N) is 4. The number of nitrogens with one attached hydrogen (secondary N) is 2. The minimum atomic E-state index is -0.781. The zero-order valence-corrected chi connectivity index (χ0v) is 15.4. The zero-order chi connectivity index (χ0) is 19.0. The first-order valence-corrected chi connectivity index (χ1v) is 9.17. The molecule has 4 rings (SSSR count). The number of anilines is 1. The van der Waals surface area contributed by atoms with E-state index in [1.165, 1.54) is 0 Å². The van der Waals surface area contributed by atoms with Crippen molar-refractivity contribution in [3.8, 4) is 11.5 Å². The second-order valence-corrected chi connectivity index (χ2v) is 7.05. The first-order valence-electron chi connectivity index (χ1n) is 9.17. The quantitative estimate of drug-likeness (QED) is 0.787. The second kappa shape index (κ2) is 6.64. The third-order valence-electron chi connectivity index (χ3n) is 5.56. The Morgan fingerprint density at radius 2 is 2.07 bits per heavy atom. The maximum absolute atomic E-state index is 12.3. The van der Waals surface area contributed by atoms with Gasteiger partial charge in [-0.25, -0.2) is 9.78 Å². The number of amides is 3. The summed E-state index contributed by atoms with van der Waals surface area (Å²) in [5.41, 5.74) is 0.000482. The number of carbonyl (C=O) groups excluding carboxylic acids is 2. The van der Waals surface area contributed by atoms with Crippen LogP contribution < -0.4 is 15.5 Å². The number of piperidine rings is 1. The van der Waals surface area contributed by atoms with E-state index in [1.54, 1.807) is 13.1 Å². The number of hydrogen-bond acceptors (Lipinski definition) is 7. The second-order valence-electron chi connectivity index (χ2n) is 7.05. The number of hydrogen-bond donors (Lipinski definition) is 2. The van der Waals surface area contributed by atoms with Crippen molar-refractivity contribution in [2.24, 2.45) is 5.92 Å². The molecule has 9 heteroatoms. The molecule has 2 aromatic rings. The molecule has 3 amide bonds. The molecule has 0 aromatic carbocycles. The molecule has 0 spiro atoms. The van der Waals surface area contributed by atoms with Crippen LogP contribution in [0.4, 0.5) is 10.6 Å². The number of aryl methyl sites for hydroxylation is 1. The van der Waals surface area contributed by atoms with Crippen molar-refractivity contribution in [1.29, 1.82) is 0 Å². The van der Waals surface area contributed by atoms with Crippen LogP contribution in [0.5, 0.6) is 0 Å². The zero-order valence-electron chi connectivity index (χ0n) is 15.4. The number of urea groups is 1. The average Bonchev–Trinajstić information content (AvgIpc) is 3.25. The molecular formula is C18H22N6O3. The lowest BCUT2D eigenvalue weighted by atomic mass is 9.76. The summed E-state index contributed by atoms with van der Waals surface area (Å²) in [5.74, 6) is 1.83. The number of aromatic nitrogens is 3. The minimum absolute atomic E-state index is 0.117. The number of carbonyl (C=O) groups is 2. The maximum Gasteiger partial charge on any atom is 0.322 e. The van der Waals surface area contributed by atoms with Gasteiger partial charge in [0.1, 0.15) is 11.4 Å². The van der Waals surface area contributed by atoms with Crippen LogP contribution in [-0.2, 0) is 4.79 Å². The molecule has 0 radical (unpaired) electrons. The summed E-state index contributed by atoms with van der Waals surface area (Å²) in [6.07, 6.45) is 3.94. The highest BCUT2D eigenvalue weighted by Gasteiger charge is 2.50. The summed E-state index contributed by atoms with van der Waals surface area (Å²) in [5, 5.41) is 9.04. The Kier molecular flexibility index (Phi) is 4.29. The molecule has 2 N–H and O–H groups in total. The first kappa shape index (κ1) is 17.4. The van der Waals surface area contributed by atoms with Gasteiger partial charge in [0.05, 0.1) is 5.56 Å². The largest absolute Gasteiger partial charge is 0.357 e. The minimum Gasteiger partial charge on any atom is -0.357 e. The van der Waals surface area contributed by atoms with Gasteiger partial charge < -0.3 is 14.7 Å². The predicted molar refractivity (Wildman–Crippen MR) is 96.9 cm³/mol. The van der Waals surface area contributed by atoms with E-state index in [2.05, 4.69) is 30.7 Å². The average molecular weight is 370 g/mol. The lowest BCUT2D eigenvalue weighted by Gasteiger charge is -2.40. The van der Waals surface area contributed by atoms with E-state index in [0.29, 0.717) is 18.1 Å². The summed E-state index contributed by atoms with van der Waals surface area (Å²) in [6, 6.07) is 3.46. The maximum atomic E-state index is 12.3. The molecular weight excluding hydrogens is 348 g/mol. The highest BCUT2D eigenvalue weighted by Crippen LogP contribution is 2.34. The van der Waals surface area contributed by atoms with Gasteiger partial charge in [-0.1, -0.05) is 12.1 Å².